The van der Waals surface area contributed by atoms with Crippen molar-refractivity contribution in [1.82, 2.24) is 15.3 Å². The number of ether oxygens (including phenoxy) is 2. The summed E-state index contributed by atoms with van der Waals surface area (Å²) in [6.07, 6.45) is 2.53. The van der Waals surface area contributed by atoms with Crippen LogP contribution in [0.25, 0.3) is 0 Å². The van der Waals surface area contributed by atoms with E-state index in [2.05, 4.69) is 29.1 Å². The Kier molecular flexibility index (Phi) is 6.60. The third-order valence-corrected chi connectivity index (χ3v) is 2.96. The van der Waals surface area contributed by atoms with E-state index >= 15 is 0 Å². The topological polar surface area (TPSA) is 56.3 Å². The molecule has 0 saturated heterocycles. The SMILES string of the molecule is CCNC(c1cc(OC)ncn1)C(C)CCOC. The van der Waals surface area contributed by atoms with Crippen LogP contribution in [0.3, 0.4) is 0 Å². The van der Waals surface area contributed by atoms with Gasteiger partial charge in [0.05, 0.1) is 18.8 Å². The summed E-state index contributed by atoms with van der Waals surface area (Å²) >= 11 is 0. The summed E-state index contributed by atoms with van der Waals surface area (Å²) < 4.78 is 10.3. The van der Waals surface area contributed by atoms with Crippen LogP contribution in [-0.4, -0.2) is 37.3 Å². The fraction of sp³-hybridized carbons (Fsp3) is 0.692. The molecular formula is C13H23N3O2. The second-order valence-electron chi connectivity index (χ2n) is 4.28. The van der Waals surface area contributed by atoms with Gasteiger partial charge >= 0.3 is 0 Å². The number of nitrogens with one attached hydrogen (secondary N) is 1. The first kappa shape index (κ1) is 14.9. The van der Waals surface area contributed by atoms with Crippen LogP contribution in [0.15, 0.2) is 12.4 Å². The van der Waals surface area contributed by atoms with Crippen LogP contribution in [0.5, 0.6) is 5.88 Å². The van der Waals surface area contributed by atoms with E-state index in [0.29, 0.717) is 11.8 Å². The van der Waals surface area contributed by atoms with Crippen molar-refractivity contribution in [2.45, 2.75) is 26.3 Å². The molecule has 5 heteroatoms. The zero-order valence-corrected chi connectivity index (χ0v) is 11.6. The lowest BCUT2D eigenvalue weighted by Crippen LogP contribution is -2.28. The zero-order chi connectivity index (χ0) is 13.4. The van der Waals surface area contributed by atoms with Gasteiger partial charge in [0.25, 0.3) is 0 Å². The molecule has 1 rings (SSSR count). The summed E-state index contributed by atoms with van der Waals surface area (Å²) in [6.45, 7) is 5.94. The first-order chi connectivity index (χ1) is 8.72. The summed E-state index contributed by atoms with van der Waals surface area (Å²) in [7, 11) is 3.34. The Morgan fingerprint density at radius 2 is 2.11 bits per heavy atom. The number of methoxy groups -OCH3 is 2. The second-order valence-corrected chi connectivity index (χ2v) is 4.28. The molecule has 0 aliphatic carbocycles. The van der Waals surface area contributed by atoms with Gasteiger partial charge in [0.15, 0.2) is 0 Å². The summed E-state index contributed by atoms with van der Waals surface area (Å²) in [6, 6.07) is 2.08. The normalized spacial score (nSPS) is 14.2. The average molecular weight is 253 g/mol. The fourth-order valence-electron chi connectivity index (χ4n) is 1.92. The second kappa shape index (κ2) is 8.00. The molecule has 0 aliphatic heterocycles. The molecule has 18 heavy (non-hydrogen) atoms. The van der Waals surface area contributed by atoms with Crippen molar-refractivity contribution in [3.63, 3.8) is 0 Å². The molecule has 0 aliphatic rings. The quantitative estimate of drug-likeness (QED) is 0.765. The molecular weight excluding hydrogens is 230 g/mol. The van der Waals surface area contributed by atoms with Crippen LogP contribution >= 0.6 is 0 Å². The monoisotopic (exact) mass is 253 g/mol. The molecule has 0 amide bonds. The molecule has 0 spiro atoms. The van der Waals surface area contributed by atoms with Crippen molar-refractivity contribution in [2.75, 3.05) is 27.4 Å². The van der Waals surface area contributed by atoms with E-state index in [-0.39, 0.29) is 6.04 Å². The van der Waals surface area contributed by atoms with Gasteiger partial charge in [0, 0.05) is 19.8 Å². The van der Waals surface area contributed by atoms with Gasteiger partial charge in [-0.2, -0.15) is 0 Å². The number of aromatic nitrogens is 2. The molecule has 0 bridgehead atoms. The highest BCUT2D eigenvalue weighted by molar-refractivity contribution is 5.17. The minimum atomic E-state index is 0.196. The summed E-state index contributed by atoms with van der Waals surface area (Å²) in [5.41, 5.74) is 0.965. The van der Waals surface area contributed by atoms with E-state index < -0.39 is 0 Å². The Morgan fingerprint density at radius 3 is 2.72 bits per heavy atom. The fourth-order valence-corrected chi connectivity index (χ4v) is 1.92. The molecule has 1 heterocycles. The smallest absolute Gasteiger partial charge is 0.216 e. The average Bonchev–Trinajstić information content (AvgIpc) is 2.42. The van der Waals surface area contributed by atoms with Gasteiger partial charge in [0.2, 0.25) is 5.88 Å². The molecule has 1 aromatic heterocycles. The van der Waals surface area contributed by atoms with E-state index in [9.17, 15) is 0 Å². The zero-order valence-electron chi connectivity index (χ0n) is 11.6. The van der Waals surface area contributed by atoms with E-state index in [1.54, 1.807) is 20.5 Å². The largest absolute Gasteiger partial charge is 0.481 e. The molecule has 1 aromatic rings. The Labute approximate surface area is 109 Å². The number of hydrogen-bond acceptors (Lipinski definition) is 5. The minimum Gasteiger partial charge on any atom is -0.481 e. The van der Waals surface area contributed by atoms with Gasteiger partial charge in [-0.3, -0.25) is 0 Å². The van der Waals surface area contributed by atoms with Crippen LogP contribution in [0.1, 0.15) is 32.0 Å². The first-order valence-corrected chi connectivity index (χ1v) is 6.31. The number of nitrogens with zero attached hydrogens (tertiary/aromatic N) is 2. The van der Waals surface area contributed by atoms with Crippen molar-refractivity contribution >= 4 is 0 Å². The van der Waals surface area contributed by atoms with Crippen LogP contribution in [-0.2, 0) is 4.74 Å². The van der Waals surface area contributed by atoms with Gasteiger partial charge in [-0.1, -0.05) is 13.8 Å². The third-order valence-electron chi connectivity index (χ3n) is 2.96. The Balaban J connectivity index is 2.81. The molecule has 1 N–H and O–H groups in total. The van der Waals surface area contributed by atoms with E-state index in [1.807, 2.05) is 6.07 Å². The van der Waals surface area contributed by atoms with Gasteiger partial charge in [-0.15, -0.1) is 0 Å². The van der Waals surface area contributed by atoms with Crippen molar-refractivity contribution in [2.24, 2.45) is 5.92 Å². The van der Waals surface area contributed by atoms with Crippen molar-refractivity contribution in [3.8, 4) is 5.88 Å². The Hall–Kier alpha value is -1.20. The van der Waals surface area contributed by atoms with Gasteiger partial charge < -0.3 is 14.8 Å². The summed E-state index contributed by atoms with van der Waals surface area (Å²) in [4.78, 5) is 8.38. The van der Waals surface area contributed by atoms with Crippen LogP contribution in [0.2, 0.25) is 0 Å². The summed E-state index contributed by atoms with van der Waals surface area (Å²) in [5.74, 6) is 1.03. The highest BCUT2D eigenvalue weighted by atomic mass is 16.5. The van der Waals surface area contributed by atoms with Crippen LogP contribution in [0.4, 0.5) is 0 Å². The lowest BCUT2D eigenvalue weighted by Gasteiger charge is -2.24. The van der Waals surface area contributed by atoms with E-state index in [4.69, 9.17) is 9.47 Å². The molecule has 5 nitrogen and oxygen atoms in total. The predicted octanol–water partition coefficient (Wildman–Crippen LogP) is 1.81. The molecule has 0 fully saturated rings. The molecule has 2 unspecified atom stereocenters. The number of hydrogen-bond donors (Lipinski definition) is 1. The maximum Gasteiger partial charge on any atom is 0.216 e. The molecule has 102 valence electrons. The van der Waals surface area contributed by atoms with Gasteiger partial charge in [-0.05, 0) is 18.9 Å². The van der Waals surface area contributed by atoms with Gasteiger partial charge in [-0.25, -0.2) is 9.97 Å². The lowest BCUT2D eigenvalue weighted by atomic mass is 9.95. The standard InChI is InChI=1S/C13H23N3O2/c1-5-14-13(10(2)6-7-17-3)11-8-12(18-4)16-9-15-11/h8-10,13-14H,5-7H2,1-4H3. The first-order valence-electron chi connectivity index (χ1n) is 6.31. The van der Waals surface area contributed by atoms with Crippen molar-refractivity contribution < 1.29 is 9.47 Å². The lowest BCUT2D eigenvalue weighted by molar-refractivity contribution is 0.170. The summed E-state index contributed by atoms with van der Waals surface area (Å²) in [5, 5.41) is 3.46. The molecule has 0 radical (unpaired) electrons. The highest BCUT2D eigenvalue weighted by Gasteiger charge is 2.20. The third kappa shape index (κ3) is 4.23. The molecule has 0 saturated carbocycles. The maximum atomic E-state index is 5.14. The minimum absolute atomic E-state index is 0.196. The van der Waals surface area contributed by atoms with Crippen molar-refractivity contribution in [1.29, 1.82) is 0 Å². The molecule has 0 aromatic carbocycles. The number of rotatable bonds is 8. The van der Waals surface area contributed by atoms with Crippen molar-refractivity contribution in [3.05, 3.63) is 18.1 Å². The predicted molar refractivity (Wildman–Crippen MR) is 70.7 cm³/mol. The molecule has 2 atom stereocenters. The van der Waals surface area contributed by atoms with Crippen LogP contribution in [0, 0.1) is 5.92 Å². The maximum absolute atomic E-state index is 5.14. The Bertz CT molecular complexity index is 347. The van der Waals surface area contributed by atoms with E-state index in [0.717, 1.165) is 25.3 Å². The Morgan fingerprint density at radius 1 is 1.33 bits per heavy atom. The highest BCUT2D eigenvalue weighted by Crippen LogP contribution is 2.24. The van der Waals surface area contributed by atoms with Gasteiger partial charge in [0.1, 0.15) is 6.33 Å². The van der Waals surface area contributed by atoms with E-state index in [1.165, 1.54) is 0 Å². The van der Waals surface area contributed by atoms with Crippen LogP contribution < -0.4 is 10.1 Å².